The molecule has 2 aliphatic rings. The molecule has 2 aliphatic heterocycles. The number of nitrogens with one attached hydrogen (secondary N) is 2. The number of hydrogen-bond donors (Lipinski definition) is 2. The summed E-state index contributed by atoms with van der Waals surface area (Å²) in [5.74, 6) is 1.75. The number of piperidine rings is 2. The molecular weight excluding hydrogens is 358 g/mol. The molecule has 1 unspecified atom stereocenters. The van der Waals surface area contributed by atoms with E-state index in [-0.39, 0.29) is 0 Å². The van der Waals surface area contributed by atoms with Crippen LogP contribution >= 0.6 is 0 Å². The molecule has 0 spiro atoms. The number of nitrogens with zero attached hydrogens (tertiary/aromatic N) is 3. The van der Waals surface area contributed by atoms with Crippen molar-refractivity contribution in [3.8, 4) is 0 Å². The fraction of sp³-hybridized carbons (Fsp3) is 0.708. The third-order valence-electron chi connectivity index (χ3n) is 6.45. The van der Waals surface area contributed by atoms with E-state index >= 15 is 0 Å². The van der Waals surface area contributed by atoms with Gasteiger partial charge in [0, 0.05) is 51.9 Å². The molecule has 0 amide bonds. The minimum absolute atomic E-state index is 0.519. The van der Waals surface area contributed by atoms with Crippen LogP contribution < -0.4 is 10.6 Å². The van der Waals surface area contributed by atoms with Crippen LogP contribution in [0.15, 0.2) is 29.3 Å². The highest BCUT2D eigenvalue weighted by atomic mass is 15.2. The average Bonchev–Trinajstić information content (AvgIpc) is 2.72. The standard InChI is InChI=1S/C24H41N5/c1-19(2)29-14-11-23(12-15-29)27-24(25-4)26-16-21-7-9-22(10-8-21)18-28-13-5-6-20(3)17-28/h7-10,19-20,23H,5-6,11-18H2,1-4H3,(H2,25,26,27). The van der Waals surface area contributed by atoms with E-state index in [0.717, 1.165) is 25.0 Å². The van der Waals surface area contributed by atoms with Gasteiger partial charge >= 0.3 is 0 Å². The summed E-state index contributed by atoms with van der Waals surface area (Å²) in [5.41, 5.74) is 2.72. The number of benzene rings is 1. The predicted octanol–water partition coefficient (Wildman–Crippen LogP) is 3.46. The Balaban J connectivity index is 1.41. The molecule has 2 heterocycles. The van der Waals surface area contributed by atoms with Crippen molar-refractivity contribution < 1.29 is 0 Å². The first-order valence-electron chi connectivity index (χ1n) is 11.5. The zero-order valence-electron chi connectivity index (χ0n) is 19.0. The van der Waals surface area contributed by atoms with Crippen LogP contribution in [0.4, 0.5) is 0 Å². The van der Waals surface area contributed by atoms with Gasteiger partial charge in [0.25, 0.3) is 0 Å². The summed E-state index contributed by atoms with van der Waals surface area (Å²) in [7, 11) is 1.86. The Morgan fingerprint density at radius 2 is 1.76 bits per heavy atom. The van der Waals surface area contributed by atoms with Crippen molar-refractivity contribution in [1.82, 2.24) is 20.4 Å². The SMILES string of the molecule is CN=C(NCc1ccc(CN2CCCC(C)C2)cc1)NC1CCN(C(C)C)CC1. The molecule has 0 saturated carbocycles. The van der Waals surface area contributed by atoms with Crippen LogP contribution in [-0.4, -0.2) is 61.1 Å². The van der Waals surface area contributed by atoms with E-state index in [0.29, 0.717) is 12.1 Å². The molecule has 5 heteroatoms. The lowest BCUT2D eigenvalue weighted by Crippen LogP contribution is -2.49. The fourth-order valence-corrected chi connectivity index (χ4v) is 4.58. The summed E-state index contributed by atoms with van der Waals surface area (Å²) in [6.45, 7) is 13.6. The molecule has 0 bridgehead atoms. The Morgan fingerprint density at radius 3 is 2.38 bits per heavy atom. The fourth-order valence-electron chi connectivity index (χ4n) is 4.58. The number of guanidine groups is 1. The lowest BCUT2D eigenvalue weighted by molar-refractivity contribution is 0.167. The van der Waals surface area contributed by atoms with Crippen molar-refractivity contribution in [2.45, 2.75) is 71.6 Å². The third kappa shape index (κ3) is 7.00. The summed E-state index contributed by atoms with van der Waals surface area (Å²) < 4.78 is 0. The largest absolute Gasteiger partial charge is 0.354 e. The van der Waals surface area contributed by atoms with E-state index in [1.54, 1.807) is 0 Å². The maximum Gasteiger partial charge on any atom is 0.191 e. The Hall–Kier alpha value is -1.59. The first-order valence-corrected chi connectivity index (χ1v) is 11.5. The topological polar surface area (TPSA) is 42.9 Å². The van der Waals surface area contributed by atoms with Crippen LogP contribution in [0.5, 0.6) is 0 Å². The van der Waals surface area contributed by atoms with Crippen LogP contribution in [0.2, 0.25) is 0 Å². The zero-order chi connectivity index (χ0) is 20.6. The minimum Gasteiger partial charge on any atom is -0.354 e. The van der Waals surface area contributed by atoms with Gasteiger partial charge in [0.15, 0.2) is 5.96 Å². The Kier molecular flexibility index (Phi) is 8.37. The summed E-state index contributed by atoms with van der Waals surface area (Å²) in [6.07, 6.45) is 5.09. The molecule has 29 heavy (non-hydrogen) atoms. The lowest BCUT2D eigenvalue weighted by atomic mass is 9.99. The molecule has 0 radical (unpaired) electrons. The number of likely N-dealkylation sites (tertiary alicyclic amines) is 2. The molecule has 3 rings (SSSR count). The van der Waals surface area contributed by atoms with E-state index < -0.39 is 0 Å². The monoisotopic (exact) mass is 399 g/mol. The van der Waals surface area contributed by atoms with E-state index in [9.17, 15) is 0 Å². The zero-order valence-corrected chi connectivity index (χ0v) is 19.0. The Morgan fingerprint density at radius 1 is 1.07 bits per heavy atom. The Labute approximate surface area is 178 Å². The van der Waals surface area contributed by atoms with Gasteiger partial charge in [-0.3, -0.25) is 9.89 Å². The van der Waals surface area contributed by atoms with Crippen molar-refractivity contribution in [3.63, 3.8) is 0 Å². The van der Waals surface area contributed by atoms with Crippen molar-refractivity contribution in [3.05, 3.63) is 35.4 Å². The van der Waals surface area contributed by atoms with Crippen LogP contribution in [0.3, 0.4) is 0 Å². The minimum atomic E-state index is 0.519. The summed E-state index contributed by atoms with van der Waals surface area (Å²) in [6, 6.07) is 10.2. The van der Waals surface area contributed by atoms with Crippen LogP contribution in [0, 0.1) is 5.92 Å². The van der Waals surface area contributed by atoms with Gasteiger partial charge < -0.3 is 15.5 Å². The van der Waals surface area contributed by atoms with Gasteiger partial charge in [0.1, 0.15) is 0 Å². The van der Waals surface area contributed by atoms with Gasteiger partial charge in [-0.25, -0.2) is 0 Å². The summed E-state index contributed by atoms with van der Waals surface area (Å²) in [5, 5.41) is 7.10. The van der Waals surface area contributed by atoms with Crippen molar-refractivity contribution in [2.24, 2.45) is 10.9 Å². The molecule has 162 valence electrons. The quantitative estimate of drug-likeness (QED) is 0.568. The smallest absolute Gasteiger partial charge is 0.191 e. The third-order valence-corrected chi connectivity index (χ3v) is 6.45. The second-order valence-corrected chi connectivity index (χ2v) is 9.27. The number of rotatable bonds is 6. The second-order valence-electron chi connectivity index (χ2n) is 9.27. The highest BCUT2D eigenvalue weighted by Crippen LogP contribution is 2.18. The molecule has 2 N–H and O–H groups in total. The highest BCUT2D eigenvalue weighted by molar-refractivity contribution is 5.79. The second kappa shape index (κ2) is 11.0. The molecule has 1 atom stereocenters. The highest BCUT2D eigenvalue weighted by Gasteiger charge is 2.21. The van der Waals surface area contributed by atoms with Gasteiger partial charge in [-0.1, -0.05) is 31.2 Å². The maximum atomic E-state index is 4.43. The average molecular weight is 400 g/mol. The summed E-state index contributed by atoms with van der Waals surface area (Å²) >= 11 is 0. The molecule has 0 aliphatic carbocycles. The molecule has 5 nitrogen and oxygen atoms in total. The van der Waals surface area contributed by atoms with Crippen LogP contribution in [0.1, 0.15) is 57.6 Å². The molecule has 1 aromatic rings. The van der Waals surface area contributed by atoms with E-state index in [2.05, 4.69) is 70.5 Å². The van der Waals surface area contributed by atoms with E-state index in [4.69, 9.17) is 0 Å². The van der Waals surface area contributed by atoms with E-state index in [1.165, 1.54) is 63.0 Å². The van der Waals surface area contributed by atoms with E-state index in [1.807, 2.05) is 7.05 Å². The van der Waals surface area contributed by atoms with Gasteiger partial charge in [-0.15, -0.1) is 0 Å². The summed E-state index contributed by atoms with van der Waals surface area (Å²) in [4.78, 5) is 9.58. The normalized spacial score (nSPS) is 22.8. The van der Waals surface area contributed by atoms with Crippen LogP contribution in [-0.2, 0) is 13.1 Å². The predicted molar refractivity (Wildman–Crippen MR) is 123 cm³/mol. The van der Waals surface area contributed by atoms with Crippen molar-refractivity contribution in [1.29, 1.82) is 0 Å². The molecule has 2 fully saturated rings. The molecule has 0 aromatic heterocycles. The van der Waals surface area contributed by atoms with Crippen LogP contribution in [0.25, 0.3) is 0 Å². The lowest BCUT2D eigenvalue weighted by Gasteiger charge is -2.35. The molecule has 1 aromatic carbocycles. The molecule has 2 saturated heterocycles. The number of hydrogen-bond acceptors (Lipinski definition) is 3. The first-order chi connectivity index (χ1) is 14.0. The van der Waals surface area contributed by atoms with Crippen molar-refractivity contribution in [2.75, 3.05) is 33.2 Å². The molecular formula is C24H41N5. The van der Waals surface area contributed by atoms with Crippen molar-refractivity contribution >= 4 is 5.96 Å². The number of aliphatic imine (C=N–C) groups is 1. The van der Waals surface area contributed by atoms with Gasteiger partial charge in [-0.05, 0) is 63.1 Å². The maximum absolute atomic E-state index is 4.43. The first kappa shape index (κ1) is 22.1. The van der Waals surface area contributed by atoms with Gasteiger partial charge in [-0.2, -0.15) is 0 Å². The van der Waals surface area contributed by atoms with Gasteiger partial charge in [0.2, 0.25) is 0 Å². The Bertz CT molecular complexity index is 631. The van der Waals surface area contributed by atoms with Gasteiger partial charge in [0.05, 0.1) is 0 Å².